The van der Waals surface area contributed by atoms with E-state index in [1.54, 1.807) is 0 Å². The minimum Gasteiger partial charge on any atom is -0.491 e. The van der Waals surface area contributed by atoms with E-state index in [9.17, 15) is 10.2 Å². The lowest BCUT2D eigenvalue weighted by Crippen LogP contribution is -2.20. The first kappa shape index (κ1) is 22.2. The predicted octanol–water partition coefficient (Wildman–Crippen LogP) is 4.28. The van der Waals surface area contributed by atoms with Gasteiger partial charge in [-0.25, -0.2) is 0 Å². The highest BCUT2D eigenvalue weighted by Crippen LogP contribution is 2.33. The van der Waals surface area contributed by atoms with Crippen LogP contribution in [0.3, 0.4) is 0 Å². The topological polar surface area (TPSA) is 58.9 Å². The fraction of sp³-hybridized carbons (Fsp3) is 0.429. The lowest BCUT2D eigenvalue weighted by atomic mass is 9.78. The van der Waals surface area contributed by atoms with Crippen LogP contribution in [0.2, 0.25) is 0 Å². The Morgan fingerprint density at radius 3 is 1.37 bits per heavy atom. The van der Waals surface area contributed by atoms with Gasteiger partial charge in [0.05, 0.1) is 12.2 Å². The Bertz CT molecular complexity index is 627. The first-order valence-corrected chi connectivity index (χ1v) is 11.1. The lowest BCUT2D eigenvalue weighted by molar-refractivity contribution is 0.127. The van der Waals surface area contributed by atoms with E-state index >= 15 is 0 Å². The number of aliphatic hydroxyl groups excluding tert-OH is 2. The highest BCUT2D eigenvalue weighted by Gasteiger charge is 2.23. The summed E-state index contributed by atoms with van der Waals surface area (Å²) in [7, 11) is 0. The van der Waals surface area contributed by atoms with Gasteiger partial charge in [-0.05, 0) is 35.4 Å². The normalized spacial score (nSPS) is 13.9. The Kier molecular flexibility index (Phi) is 8.61. The zero-order valence-electron chi connectivity index (χ0n) is 15.6. The van der Waals surface area contributed by atoms with Gasteiger partial charge in [-0.15, -0.1) is 0 Å². The van der Waals surface area contributed by atoms with Gasteiger partial charge in [0.1, 0.15) is 24.7 Å². The molecule has 0 aliphatic heterocycles. The highest BCUT2D eigenvalue weighted by atomic mass is 79.9. The highest BCUT2D eigenvalue weighted by molar-refractivity contribution is 9.09. The van der Waals surface area contributed by atoms with Crippen molar-refractivity contribution >= 4 is 31.9 Å². The van der Waals surface area contributed by atoms with Crippen LogP contribution >= 0.6 is 31.9 Å². The van der Waals surface area contributed by atoms with Crippen LogP contribution in [0.15, 0.2) is 48.5 Å². The largest absolute Gasteiger partial charge is 0.491 e. The third-order valence-corrected chi connectivity index (χ3v) is 5.89. The minimum absolute atomic E-state index is 0.179. The van der Waals surface area contributed by atoms with Gasteiger partial charge >= 0.3 is 0 Å². The van der Waals surface area contributed by atoms with Crippen LogP contribution in [0.5, 0.6) is 11.5 Å². The maximum absolute atomic E-state index is 9.56. The maximum Gasteiger partial charge on any atom is 0.119 e. The van der Waals surface area contributed by atoms with Gasteiger partial charge in [0.25, 0.3) is 0 Å². The zero-order valence-corrected chi connectivity index (χ0v) is 18.7. The molecule has 0 saturated carbocycles. The van der Waals surface area contributed by atoms with Gasteiger partial charge < -0.3 is 19.7 Å². The van der Waals surface area contributed by atoms with Crippen LogP contribution in [0.4, 0.5) is 0 Å². The second-order valence-corrected chi connectivity index (χ2v) is 8.21. The molecule has 148 valence electrons. The number of hydrogen-bond acceptors (Lipinski definition) is 4. The van der Waals surface area contributed by atoms with Crippen LogP contribution in [-0.2, 0) is 5.41 Å². The third-order valence-electron chi connectivity index (χ3n) is 4.39. The van der Waals surface area contributed by atoms with E-state index < -0.39 is 12.2 Å². The molecule has 0 aliphatic carbocycles. The van der Waals surface area contributed by atoms with E-state index in [-0.39, 0.29) is 18.6 Å². The molecule has 0 aromatic heterocycles. The van der Waals surface area contributed by atoms with Gasteiger partial charge in [-0.2, -0.15) is 0 Å². The van der Waals surface area contributed by atoms with Crippen LogP contribution in [0.1, 0.15) is 25.0 Å². The third kappa shape index (κ3) is 6.49. The molecule has 2 aromatic carbocycles. The standard InChI is InChI=1S/C21H26Br2O4/c1-21(2,15-3-7-19(8-4-15)26-13-17(24)11-22)16-5-9-20(10-6-16)27-14-18(25)12-23/h3-10,17-18,24-25H,11-14H2,1-2H3/t17-,18-/m0/s1. The molecule has 6 heteroatoms. The van der Waals surface area contributed by atoms with Crippen molar-refractivity contribution in [3.8, 4) is 11.5 Å². The van der Waals surface area contributed by atoms with Crippen LogP contribution in [0.25, 0.3) is 0 Å². The van der Waals surface area contributed by atoms with Crippen molar-refractivity contribution in [3.63, 3.8) is 0 Å². The summed E-state index contributed by atoms with van der Waals surface area (Å²) in [5, 5.41) is 20.1. The molecule has 0 unspecified atom stereocenters. The van der Waals surface area contributed by atoms with Crippen molar-refractivity contribution in [1.29, 1.82) is 0 Å². The van der Waals surface area contributed by atoms with Crippen LogP contribution < -0.4 is 9.47 Å². The molecule has 0 radical (unpaired) electrons. The molecule has 0 amide bonds. The molecule has 2 atom stereocenters. The van der Waals surface area contributed by atoms with Crippen molar-refractivity contribution < 1.29 is 19.7 Å². The molecular weight excluding hydrogens is 476 g/mol. The molecule has 2 N–H and O–H groups in total. The summed E-state index contributed by atoms with van der Waals surface area (Å²) in [5.41, 5.74) is 2.15. The molecular formula is C21H26Br2O4. The predicted molar refractivity (Wildman–Crippen MR) is 116 cm³/mol. The summed E-state index contributed by atoms with van der Waals surface area (Å²) in [6.07, 6.45) is -1.03. The first-order chi connectivity index (χ1) is 12.9. The molecule has 2 rings (SSSR count). The molecule has 0 saturated heterocycles. The second-order valence-electron chi connectivity index (χ2n) is 6.91. The first-order valence-electron chi connectivity index (χ1n) is 8.81. The number of hydrogen-bond donors (Lipinski definition) is 2. The van der Waals surface area contributed by atoms with E-state index in [0.29, 0.717) is 10.7 Å². The van der Waals surface area contributed by atoms with Crippen molar-refractivity contribution in [1.82, 2.24) is 0 Å². The Labute approximate surface area is 177 Å². The van der Waals surface area contributed by atoms with Gasteiger partial charge in [0.2, 0.25) is 0 Å². The number of ether oxygens (including phenoxy) is 2. The van der Waals surface area contributed by atoms with E-state index in [0.717, 1.165) is 11.5 Å². The van der Waals surface area contributed by atoms with Crippen LogP contribution in [-0.4, -0.2) is 46.3 Å². The van der Waals surface area contributed by atoms with Crippen molar-refractivity contribution in [3.05, 3.63) is 59.7 Å². The number of benzene rings is 2. The SMILES string of the molecule is CC(C)(c1ccc(OC[C@@H](O)CBr)cc1)c1ccc(OC[C@@H](O)CBr)cc1. The number of halogens is 2. The molecule has 0 bridgehead atoms. The van der Waals surface area contributed by atoms with Crippen molar-refractivity contribution in [2.24, 2.45) is 0 Å². The van der Waals surface area contributed by atoms with E-state index in [2.05, 4.69) is 45.7 Å². The Morgan fingerprint density at radius 1 is 0.741 bits per heavy atom. The quantitative estimate of drug-likeness (QED) is 0.477. The average molecular weight is 502 g/mol. The number of aliphatic hydroxyl groups is 2. The number of rotatable bonds is 10. The molecule has 0 aliphatic rings. The average Bonchev–Trinajstić information content (AvgIpc) is 2.70. The van der Waals surface area contributed by atoms with Crippen molar-refractivity contribution in [2.45, 2.75) is 31.5 Å². The monoisotopic (exact) mass is 500 g/mol. The van der Waals surface area contributed by atoms with E-state index in [1.807, 2.05) is 48.5 Å². The van der Waals surface area contributed by atoms with Crippen LogP contribution in [0, 0.1) is 0 Å². The van der Waals surface area contributed by atoms with Gasteiger partial charge in [-0.3, -0.25) is 0 Å². The molecule has 0 fully saturated rings. The summed E-state index contributed by atoms with van der Waals surface area (Å²) >= 11 is 6.45. The molecule has 0 heterocycles. The van der Waals surface area contributed by atoms with E-state index in [4.69, 9.17) is 9.47 Å². The fourth-order valence-corrected chi connectivity index (χ4v) is 2.95. The molecule has 0 spiro atoms. The summed E-state index contributed by atoms with van der Waals surface area (Å²) in [6, 6.07) is 15.9. The second kappa shape index (κ2) is 10.5. The number of alkyl halides is 2. The summed E-state index contributed by atoms with van der Waals surface area (Å²) in [5.74, 6) is 1.48. The Hall–Kier alpha value is -1.08. The summed E-state index contributed by atoms with van der Waals surface area (Å²) in [6.45, 7) is 4.86. The molecule has 2 aromatic rings. The van der Waals surface area contributed by atoms with Gasteiger partial charge in [-0.1, -0.05) is 70.0 Å². The minimum atomic E-state index is -0.516. The maximum atomic E-state index is 9.56. The smallest absolute Gasteiger partial charge is 0.119 e. The molecule has 4 nitrogen and oxygen atoms in total. The summed E-state index contributed by atoms with van der Waals surface area (Å²) in [4.78, 5) is 0. The Balaban J connectivity index is 2.04. The zero-order chi connectivity index (χ0) is 19.9. The van der Waals surface area contributed by atoms with E-state index in [1.165, 1.54) is 11.1 Å². The van der Waals surface area contributed by atoms with Gasteiger partial charge in [0, 0.05) is 16.1 Å². The summed E-state index contributed by atoms with van der Waals surface area (Å²) < 4.78 is 11.2. The molecule has 27 heavy (non-hydrogen) atoms. The lowest BCUT2D eigenvalue weighted by Gasteiger charge is -2.26. The fourth-order valence-electron chi connectivity index (χ4n) is 2.58. The Morgan fingerprint density at radius 2 is 1.07 bits per heavy atom. The van der Waals surface area contributed by atoms with Gasteiger partial charge in [0.15, 0.2) is 0 Å². The van der Waals surface area contributed by atoms with Crippen molar-refractivity contribution in [2.75, 3.05) is 23.9 Å².